The molecule has 0 radical (unpaired) electrons. The Morgan fingerprint density at radius 1 is 1.28 bits per heavy atom. The molecule has 1 N–H and O–H groups in total. The molecule has 9 heteroatoms. The number of rotatable bonds is 5. The van der Waals surface area contributed by atoms with Gasteiger partial charge in [0.05, 0.1) is 16.5 Å². The van der Waals surface area contributed by atoms with Gasteiger partial charge in [0, 0.05) is 26.2 Å². The quantitative estimate of drug-likeness (QED) is 0.745. The van der Waals surface area contributed by atoms with Gasteiger partial charge in [-0.3, -0.25) is 0 Å². The molecule has 0 spiro atoms. The maximum Gasteiger partial charge on any atom is 0.244 e. The lowest BCUT2D eigenvalue weighted by molar-refractivity contribution is -0.0453. The van der Waals surface area contributed by atoms with Gasteiger partial charge in [0.15, 0.2) is 10.9 Å². The maximum absolute atomic E-state index is 12.6. The minimum atomic E-state index is -3.74. The second kappa shape index (κ2) is 8.28. The van der Waals surface area contributed by atoms with Gasteiger partial charge in [-0.05, 0) is 37.6 Å². The van der Waals surface area contributed by atoms with E-state index in [0.717, 1.165) is 15.6 Å². The van der Waals surface area contributed by atoms with E-state index in [0.29, 0.717) is 23.0 Å². The number of benzene rings is 2. The number of amidine groups is 1. The fourth-order valence-electron chi connectivity index (χ4n) is 3.15. The van der Waals surface area contributed by atoms with Crippen LogP contribution in [-0.4, -0.2) is 54.3 Å². The Hall–Kier alpha value is -1.58. The average Bonchev–Trinajstić information content (AvgIpc) is 3.00. The second-order valence-corrected chi connectivity index (χ2v) is 10.4. The predicted octanol–water partition coefficient (Wildman–Crippen LogP) is 3.80. The predicted molar refractivity (Wildman–Crippen MR) is 119 cm³/mol. The van der Waals surface area contributed by atoms with Crippen molar-refractivity contribution in [3.05, 3.63) is 58.6 Å². The fourth-order valence-corrected chi connectivity index (χ4v) is 5.79. The van der Waals surface area contributed by atoms with Crippen LogP contribution in [0.5, 0.6) is 0 Å². The maximum atomic E-state index is 12.6. The van der Waals surface area contributed by atoms with Crippen LogP contribution in [0.4, 0.5) is 5.69 Å². The highest BCUT2D eigenvalue weighted by molar-refractivity contribution is 8.14. The molecule has 1 fully saturated rings. The van der Waals surface area contributed by atoms with Crippen LogP contribution in [0.1, 0.15) is 18.1 Å². The zero-order valence-electron chi connectivity index (χ0n) is 16.8. The van der Waals surface area contributed by atoms with Crippen LogP contribution >= 0.6 is 23.4 Å². The Balaban J connectivity index is 2.06. The van der Waals surface area contributed by atoms with Gasteiger partial charge in [0.2, 0.25) is 10.0 Å². The van der Waals surface area contributed by atoms with Crippen molar-refractivity contribution in [2.75, 3.05) is 26.4 Å². The lowest BCUT2D eigenvalue weighted by Crippen LogP contribution is -2.44. The molecule has 1 heterocycles. The SMILES string of the molecule is CCN1C(=Nc2ccccc2C)SCC1(O)c1ccc(Cl)c(S(=O)(=O)N(C)C)c1. The summed E-state index contributed by atoms with van der Waals surface area (Å²) >= 11 is 7.61. The van der Waals surface area contributed by atoms with Crippen LogP contribution in [0.3, 0.4) is 0 Å². The number of hydrogen-bond donors (Lipinski definition) is 1. The number of aryl methyl sites for hydroxylation is 1. The van der Waals surface area contributed by atoms with E-state index in [1.54, 1.807) is 11.0 Å². The zero-order chi connectivity index (χ0) is 21.4. The Kier molecular flexibility index (Phi) is 6.31. The van der Waals surface area contributed by atoms with E-state index in [4.69, 9.17) is 16.6 Å². The number of para-hydroxylation sites is 1. The third-order valence-corrected chi connectivity index (χ3v) is 8.29. The van der Waals surface area contributed by atoms with Crippen molar-refractivity contribution in [2.45, 2.75) is 24.5 Å². The van der Waals surface area contributed by atoms with Crippen LogP contribution in [0.2, 0.25) is 5.02 Å². The van der Waals surface area contributed by atoms with E-state index in [1.165, 1.54) is 38.0 Å². The molecule has 1 saturated heterocycles. The summed E-state index contributed by atoms with van der Waals surface area (Å²) in [5, 5.41) is 12.3. The first-order valence-electron chi connectivity index (χ1n) is 9.11. The Morgan fingerprint density at radius 2 is 1.97 bits per heavy atom. The topological polar surface area (TPSA) is 73.2 Å². The molecule has 2 aromatic carbocycles. The molecule has 0 aromatic heterocycles. The summed E-state index contributed by atoms with van der Waals surface area (Å²) in [6, 6.07) is 12.4. The average molecular weight is 454 g/mol. The minimum Gasteiger partial charge on any atom is -0.366 e. The van der Waals surface area contributed by atoms with Crippen molar-refractivity contribution >= 4 is 44.2 Å². The number of halogens is 1. The van der Waals surface area contributed by atoms with E-state index in [1.807, 2.05) is 38.1 Å². The molecule has 3 rings (SSSR count). The molecule has 1 aliphatic rings. The number of aliphatic hydroxyl groups is 1. The molecule has 1 aliphatic heterocycles. The van der Waals surface area contributed by atoms with Gasteiger partial charge in [-0.25, -0.2) is 17.7 Å². The molecule has 1 unspecified atom stereocenters. The summed E-state index contributed by atoms with van der Waals surface area (Å²) in [6.45, 7) is 4.42. The first-order chi connectivity index (χ1) is 13.6. The van der Waals surface area contributed by atoms with Crippen LogP contribution in [0, 0.1) is 6.92 Å². The largest absolute Gasteiger partial charge is 0.366 e. The van der Waals surface area contributed by atoms with Crippen LogP contribution < -0.4 is 0 Å². The van der Waals surface area contributed by atoms with E-state index in [9.17, 15) is 13.5 Å². The van der Waals surface area contributed by atoms with Gasteiger partial charge >= 0.3 is 0 Å². The molecule has 0 aliphatic carbocycles. The summed E-state index contributed by atoms with van der Waals surface area (Å²) in [5.74, 6) is 0.328. The van der Waals surface area contributed by atoms with E-state index >= 15 is 0 Å². The number of nitrogens with zero attached hydrogens (tertiary/aromatic N) is 3. The van der Waals surface area contributed by atoms with Gasteiger partial charge in [-0.15, -0.1) is 0 Å². The molecule has 0 bridgehead atoms. The highest BCUT2D eigenvalue weighted by atomic mass is 35.5. The molecule has 0 saturated carbocycles. The number of aliphatic imine (C=N–C) groups is 1. The molecule has 2 aromatic rings. The van der Waals surface area contributed by atoms with E-state index in [-0.39, 0.29) is 9.92 Å². The number of sulfonamides is 1. The number of thioether (sulfide) groups is 1. The second-order valence-electron chi connectivity index (χ2n) is 6.96. The van der Waals surface area contributed by atoms with Gasteiger partial charge in [-0.1, -0.05) is 47.6 Å². The fraction of sp³-hybridized carbons (Fsp3) is 0.350. The molecular formula is C20H24ClN3O3S2. The van der Waals surface area contributed by atoms with Crippen molar-refractivity contribution in [1.29, 1.82) is 0 Å². The molecule has 0 amide bonds. The van der Waals surface area contributed by atoms with Crippen LogP contribution in [-0.2, 0) is 15.7 Å². The molecule has 29 heavy (non-hydrogen) atoms. The van der Waals surface area contributed by atoms with Gasteiger partial charge in [0.25, 0.3) is 0 Å². The third-order valence-electron chi connectivity index (χ3n) is 4.88. The van der Waals surface area contributed by atoms with Crippen molar-refractivity contribution in [3.63, 3.8) is 0 Å². The van der Waals surface area contributed by atoms with E-state index < -0.39 is 15.7 Å². The Morgan fingerprint density at radius 3 is 2.59 bits per heavy atom. The lowest BCUT2D eigenvalue weighted by Gasteiger charge is -2.34. The van der Waals surface area contributed by atoms with Crippen LogP contribution in [0.25, 0.3) is 0 Å². The summed E-state index contributed by atoms with van der Waals surface area (Å²) in [7, 11) is -0.847. The van der Waals surface area contributed by atoms with Gasteiger partial charge < -0.3 is 10.0 Å². The molecular weight excluding hydrogens is 430 g/mol. The van der Waals surface area contributed by atoms with Crippen molar-refractivity contribution in [1.82, 2.24) is 9.21 Å². The first-order valence-corrected chi connectivity index (χ1v) is 11.9. The summed E-state index contributed by atoms with van der Waals surface area (Å²) < 4.78 is 26.4. The Bertz CT molecular complexity index is 1060. The van der Waals surface area contributed by atoms with Crippen molar-refractivity contribution in [2.24, 2.45) is 4.99 Å². The number of hydrogen-bond acceptors (Lipinski definition) is 5. The zero-order valence-corrected chi connectivity index (χ0v) is 19.1. The normalized spacial score (nSPS) is 21.3. The first kappa shape index (κ1) is 22.1. The molecule has 156 valence electrons. The smallest absolute Gasteiger partial charge is 0.244 e. The van der Waals surface area contributed by atoms with Crippen molar-refractivity contribution < 1.29 is 13.5 Å². The highest BCUT2D eigenvalue weighted by Crippen LogP contribution is 2.41. The molecule has 6 nitrogen and oxygen atoms in total. The standard InChI is InChI=1S/C20H24ClN3O3S2/c1-5-24-19(22-17-9-7-6-8-14(17)2)28-13-20(24,25)15-10-11-16(21)18(12-15)29(26,27)23(3)4/h6-12,25H,5,13H2,1-4H3. The monoisotopic (exact) mass is 453 g/mol. The molecule has 1 atom stereocenters. The summed E-state index contributed by atoms with van der Waals surface area (Å²) in [5.41, 5.74) is 0.955. The van der Waals surface area contributed by atoms with Gasteiger partial charge in [-0.2, -0.15) is 0 Å². The highest BCUT2D eigenvalue weighted by Gasteiger charge is 2.44. The summed E-state index contributed by atoms with van der Waals surface area (Å²) in [6.07, 6.45) is 0. The minimum absolute atomic E-state index is 0.0274. The third kappa shape index (κ3) is 4.04. The lowest BCUT2D eigenvalue weighted by atomic mass is 10.0. The van der Waals surface area contributed by atoms with Crippen molar-refractivity contribution in [3.8, 4) is 0 Å². The Labute approximate surface area is 181 Å². The van der Waals surface area contributed by atoms with E-state index in [2.05, 4.69) is 0 Å². The van der Waals surface area contributed by atoms with Crippen LogP contribution in [0.15, 0.2) is 52.4 Å². The van der Waals surface area contributed by atoms with Gasteiger partial charge in [0.1, 0.15) is 4.90 Å². The summed E-state index contributed by atoms with van der Waals surface area (Å²) in [4.78, 5) is 6.50.